The van der Waals surface area contributed by atoms with Crippen LogP contribution in [0.2, 0.25) is 5.02 Å². The molecule has 3 heteroatoms. The van der Waals surface area contributed by atoms with E-state index >= 15 is 0 Å². The Bertz CT molecular complexity index is 320. The topological polar surface area (TPSA) is 30.0 Å². The van der Waals surface area contributed by atoms with E-state index in [0.717, 1.165) is 18.5 Å². The summed E-state index contributed by atoms with van der Waals surface area (Å²) in [6, 6.07) is 3.63. The van der Waals surface area contributed by atoms with Crippen LogP contribution < -0.4 is 0 Å². The van der Waals surface area contributed by atoms with Gasteiger partial charge in [0.25, 0.3) is 0 Å². The van der Waals surface area contributed by atoms with Crippen LogP contribution in [0.3, 0.4) is 0 Å². The Hall–Kier alpha value is -0.890. The second kappa shape index (κ2) is 3.46. The number of carbonyl (C=O) groups excluding carboxylic acids is 1. The van der Waals surface area contributed by atoms with Gasteiger partial charge in [-0.2, -0.15) is 0 Å². The smallest absolute Gasteiger partial charge is 0.141 e. The lowest BCUT2D eigenvalue weighted by atomic mass is 10.0. The van der Waals surface area contributed by atoms with Crippen molar-refractivity contribution in [1.29, 1.82) is 0 Å². The van der Waals surface area contributed by atoms with Crippen molar-refractivity contribution in [1.82, 2.24) is 4.98 Å². The minimum Gasteiger partial charge on any atom is -0.299 e. The average Bonchev–Trinajstić information content (AvgIpc) is 2.53. The number of hydrogen-bond donors (Lipinski definition) is 0. The molecule has 2 nitrogen and oxygen atoms in total. The van der Waals surface area contributed by atoms with Crippen LogP contribution in [0, 0.1) is 0 Å². The highest BCUT2D eigenvalue weighted by atomic mass is 35.5. The van der Waals surface area contributed by atoms with Crippen LogP contribution in [0.4, 0.5) is 0 Å². The normalized spacial score (nSPS) is 22.2. The first-order chi connectivity index (χ1) is 6.27. The Kier molecular flexibility index (Phi) is 2.32. The Balaban J connectivity index is 2.25. The molecule has 1 atom stereocenters. The van der Waals surface area contributed by atoms with E-state index in [1.807, 2.05) is 6.07 Å². The Morgan fingerprint density at radius 3 is 2.85 bits per heavy atom. The zero-order chi connectivity index (χ0) is 9.26. The van der Waals surface area contributed by atoms with Crippen molar-refractivity contribution in [3.8, 4) is 0 Å². The fraction of sp³-hybridized carbons (Fsp3) is 0.400. The van der Waals surface area contributed by atoms with E-state index in [2.05, 4.69) is 4.98 Å². The maximum atomic E-state index is 11.4. The molecule has 0 radical (unpaired) electrons. The molecule has 2 rings (SSSR count). The van der Waals surface area contributed by atoms with Gasteiger partial charge in [-0.05, 0) is 25.0 Å². The molecule has 1 aliphatic carbocycles. The number of carbonyl (C=O) groups is 1. The van der Waals surface area contributed by atoms with E-state index in [0.29, 0.717) is 17.2 Å². The molecule has 68 valence electrons. The zero-order valence-corrected chi connectivity index (χ0v) is 7.92. The number of nitrogens with zero attached hydrogens (tertiary/aromatic N) is 1. The summed E-state index contributed by atoms with van der Waals surface area (Å²) < 4.78 is 0. The molecule has 1 unspecified atom stereocenters. The first kappa shape index (κ1) is 8.70. The average molecular weight is 196 g/mol. The number of halogens is 1. The third-order valence-electron chi connectivity index (χ3n) is 2.41. The summed E-state index contributed by atoms with van der Waals surface area (Å²) in [4.78, 5) is 15.5. The van der Waals surface area contributed by atoms with Crippen molar-refractivity contribution in [2.45, 2.75) is 25.2 Å². The third-order valence-corrected chi connectivity index (χ3v) is 2.64. The number of ketones is 1. The standard InChI is InChI=1S/C10H10ClNO/c11-7-4-5-9(12-6-7)8-2-1-3-10(8)13/h4-6,8H,1-3H2. The fourth-order valence-corrected chi connectivity index (χ4v) is 1.83. The van der Waals surface area contributed by atoms with Gasteiger partial charge in [0.1, 0.15) is 5.78 Å². The fourth-order valence-electron chi connectivity index (χ4n) is 1.72. The zero-order valence-electron chi connectivity index (χ0n) is 7.16. The molecule has 1 aromatic rings. The molecule has 1 fully saturated rings. The lowest BCUT2D eigenvalue weighted by Gasteiger charge is -2.05. The molecule has 0 aromatic carbocycles. The van der Waals surface area contributed by atoms with E-state index in [1.165, 1.54) is 0 Å². The largest absolute Gasteiger partial charge is 0.299 e. The summed E-state index contributed by atoms with van der Waals surface area (Å²) in [7, 11) is 0. The van der Waals surface area contributed by atoms with Crippen LogP contribution in [0.5, 0.6) is 0 Å². The first-order valence-electron chi connectivity index (χ1n) is 4.41. The molecule has 0 spiro atoms. The molecule has 13 heavy (non-hydrogen) atoms. The molecule has 0 N–H and O–H groups in total. The highest BCUT2D eigenvalue weighted by Crippen LogP contribution is 2.29. The summed E-state index contributed by atoms with van der Waals surface area (Å²) in [5.41, 5.74) is 0.868. The molecule has 0 amide bonds. The van der Waals surface area contributed by atoms with E-state index in [1.54, 1.807) is 12.3 Å². The van der Waals surface area contributed by atoms with Crippen LogP contribution in [0.1, 0.15) is 30.9 Å². The predicted molar refractivity (Wildman–Crippen MR) is 50.8 cm³/mol. The molecule has 1 heterocycles. The SMILES string of the molecule is O=C1CCCC1c1ccc(Cl)cn1. The van der Waals surface area contributed by atoms with Crippen LogP contribution in [0.15, 0.2) is 18.3 Å². The van der Waals surface area contributed by atoms with E-state index in [-0.39, 0.29) is 5.92 Å². The number of hydrogen-bond acceptors (Lipinski definition) is 2. The molecule has 1 saturated carbocycles. The van der Waals surface area contributed by atoms with Crippen molar-refractivity contribution in [2.75, 3.05) is 0 Å². The predicted octanol–water partition coefficient (Wildman–Crippen LogP) is 2.57. The summed E-state index contributed by atoms with van der Waals surface area (Å²) in [5, 5.41) is 0.620. The lowest BCUT2D eigenvalue weighted by Crippen LogP contribution is -2.05. The maximum absolute atomic E-state index is 11.4. The molecule has 1 aliphatic rings. The highest BCUT2D eigenvalue weighted by molar-refractivity contribution is 6.30. The quantitative estimate of drug-likeness (QED) is 0.690. The summed E-state index contributed by atoms with van der Waals surface area (Å²) in [5.74, 6) is 0.340. The number of aromatic nitrogens is 1. The van der Waals surface area contributed by atoms with Gasteiger partial charge >= 0.3 is 0 Å². The first-order valence-corrected chi connectivity index (χ1v) is 4.79. The lowest BCUT2D eigenvalue weighted by molar-refractivity contribution is -0.118. The number of rotatable bonds is 1. The third kappa shape index (κ3) is 1.73. The summed E-state index contributed by atoms with van der Waals surface area (Å²) >= 11 is 5.71. The van der Waals surface area contributed by atoms with Gasteiger partial charge in [0, 0.05) is 12.6 Å². The Morgan fingerprint density at radius 2 is 2.31 bits per heavy atom. The van der Waals surface area contributed by atoms with Gasteiger partial charge in [-0.15, -0.1) is 0 Å². The molecule has 0 aliphatic heterocycles. The van der Waals surface area contributed by atoms with Crippen molar-refractivity contribution in [3.63, 3.8) is 0 Å². The minimum absolute atomic E-state index is 0.0252. The van der Waals surface area contributed by atoms with E-state index < -0.39 is 0 Å². The summed E-state index contributed by atoms with van der Waals surface area (Å²) in [6.45, 7) is 0. The summed E-state index contributed by atoms with van der Waals surface area (Å²) in [6.07, 6.45) is 4.23. The van der Waals surface area contributed by atoms with Crippen LogP contribution >= 0.6 is 11.6 Å². The second-order valence-electron chi connectivity index (χ2n) is 3.31. The van der Waals surface area contributed by atoms with E-state index in [4.69, 9.17) is 11.6 Å². The molecule has 1 aromatic heterocycles. The molecular weight excluding hydrogens is 186 g/mol. The van der Waals surface area contributed by atoms with Crippen molar-refractivity contribution in [2.24, 2.45) is 0 Å². The van der Waals surface area contributed by atoms with Gasteiger partial charge in [0.05, 0.1) is 16.6 Å². The van der Waals surface area contributed by atoms with Crippen LogP contribution in [-0.4, -0.2) is 10.8 Å². The Morgan fingerprint density at radius 1 is 1.46 bits per heavy atom. The molecular formula is C10H10ClNO. The van der Waals surface area contributed by atoms with Crippen molar-refractivity contribution >= 4 is 17.4 Å². The monoisotopic (exact) mass is 195 g/mol. The second-order valence-corrected chi connectivity index (χ2v) is 3.75. The highest BCUT2D eigenvalue weighted by Gasteiger charge is 2.26. The van der Waals surface area contributed by atoms with Gasteiger partial charge in [-0.1, -0.05) is 11.6 Å². The molecule has 0 bridgehead atoms. The van der Waals surface area contributed by atoms with Gasteiger partial charge in [-0.25, -0.2) is 0 Å². The Labute approximate surface area is 81.9 Å². The van der Waals surface area contributed by atoms with E-state index in [9.17, 15) is 4.79 Å². The van der Waals surface area contributed by atoms with Crippen molar-refractivity contribution in [3.05, 3.63) is 29.0 Å². The molecule has 0 saturated heterocycles. The van der Waals surface area contributed by atoms with Crippen molar-refractivity contribution < 1.29 is 4.79 Å². The van der Waals surface area contributed by atoms with Gasteiger partial charge in [0.2, 0.25) is 0 Å². The minimum atomic E-state index is 0.0252. The van der Waals surface area contributed by atoms with Crippen LogP contribution in [-0.2, 0) is 4.79 Å². The maximum Gasteiger partial charge on any atom is 0.141 e. The van der Waals surface area contributed by atoms with Gasteiger partial charge in [-0.3, -0.25) is 9.78 Å². The van der Waals surface area contributed by atoms with Gasteiger partial charge < -0.3 is 0 Å². The van der Waals surface area contributed by atoms with Crippen LogP contribution in [0.25, 0.3) is 0 Å². The number of Topliss-reactive ketones (excluding diaryl/α,β-unsaturated/α-hetero) is 1. The van der Waals surface area contributed by atoms with Gasteiger partial charge in [0.15, 0.2) is 0 Å². The number of pyridine rings is 1.